The average Bonchev–Trinajstić information content (AvgIpc) is 3.01. The van der Waals surface area contributed by atoms with Gasteiger partial charge in [0.25, 0.3) is 0 Å². The molecule has 1 aromatic carbocycles. The first-order chi connectivity index (χ1) is 9.56. The molecule has 0 aliphatic carbocycles. The number of benzene rings is 1. The van der Waals surface area contributed by atoms with E-state index in [0.29, 0.717) is 5.69 Å². The van der Waals surface area contributed by atoms with Crippen LogP contribution in [0.1, 0.15) is 5.56 Å². The fraction of sp³-hybridized carbons (Fsp3) is 0.333. The molecule has 0 spiro atoms. The third kappa shape index (κ3) is 2.10. The lowest BCUT2D eigenvalue weighted by Crippen LogP contribution is -2.45. The van der Waals surface area contributed by atoms with Crippen molar-refractivity contribution < 1.29 is 19.4 Å². The van der Waals surface area contributed by atoms with Crippen LogP contribution in [-0.4, -0.2) is 24.1 Å². The summed E-state index contributed by atoms with van der Waals surface area (Å²) in [4.78, 5) is 23.5. The second-order valence-electron chi connectivity index (χ2n) is 5.18. The molecule has 1 saturated heterocycles. The van der Waals surface area contributed by atoms with Crippen molar-refractivity contribution in [1.82, 2.24) is 0 Å². The summed E-state index contributed by atoms with van der Waals surface area (Å²) in [7, 11) is 0. The predicted molar refractivity (Wildman–Crippen MR) is 69.6 cm³/mol. The number of anilines is 1. The van der Waals surface area contributed by atoms with Crippen molar-refractivity contribution in [2.75, 3.05) is 5.32 Å². The van der Waals surface area contributed by atoms with Gasteiger partial charge < -0.3 is 20.0 Å². The van der Waals surface area contributed by atoms with Gasteiger partial charge in [-0.3, -0.25) is 4.79 Å². The standard InChI is InChI=1S/C15H15NO4/c1-8-2-4-9(5-3-8)16-14(17)12-10-6-7-11(20-10)13(12)15(18)19/h2-7,10-13H,1H3,(H,16,17)(H,18,19)/p-1/t10-,11+,12-,13+/m1/s1. The number of amides is 1. The first-order valence-corrected chi connectivity index (χ1v) is 6.48. The van der Waals surface area contributed by atoms with Crippen LogP contribution in [-0.2, 0) is 14.3 Å². The number of carboxylic acid groups (broad SMARTS) is 1. The van der Waals surface area contributed by atoms with Crippen LogP contribution < -0.4 is 10.4 Å². The highest BCUT2D eigenvalue weighted by Crippen LogP contribution is 2.39. The fourth-order valence-electron chi connectivity index (χ4n) is 2.76. The fourth-order valence-corrected chi connectivity index (χ4v) is 2.76. The van der Waals surface area contributed by atoms with Gasteiger partial charge in [-0.05, 0) is 19.1 Å². The number of rotatable bonds is 3. The predicted octanol–water partition coefficient (Wildman–Crippen LogP) is 0.253. The van der Waals surface area contributed by atoms with Crippen LogP contribution in [0.25, 0.3) is 0 Å². The van der Waals surface area contributed by atoms with Crippen LogP contribution in [0.3, 0.4) is 0 Å². The highest BCUT2D eigenvalue weighted by molar-refractivity contribution is 5.96. The van der Waals surface area contributed by atoms with E-state index in [1.807, 2.05) is 19.1 Å². The number of fused-ring (bicyclic) bond motifs is 2. The number of ether oxygens (including phenoxy) is 1. The Hall–Kier alpha value is -2.14. The van der Waals surface area contributed by atoms with Crippen LogP contribution in [0.15, 0.2) is 36.4 Å². The zero-order valence-corrected chi connectivity index (χ0v) is 10.9. The molecule has 1 aromatic rings. The number of hydrogen-bond donors (Lipinski definition) is 1. The molecule has 2 bridgehead atoms. The van der Waals surface area contributed by atoms with Crippen molar-refractivity contribution >= 4 is 17.6 Å². The average molecular weight is 272 g/mol. The van der Waals surface area contributed by atoms with Crippen LogP contribution in [0, 0.1) is 18.8 Å². The normalized spacial score (nSPS) is 30.4. The van der Waals surface area contributed by atoms with Crippen LogP contribution in [0.2, 0.25) is 0 Å². The summed E-state index contributed by atoms with van der Waals surface area (Å²) in [6.07, 6.45) is 2.39. The second-order valence-corrected chi connectivity index (χ2v) is 5.18. The summed E-state index contributed by atoms with van der Waals surface area (Å²) in [5.41, 5.74) is 1.73. The Balaban J connectivity index is 1.78. The Kier molecular flexibility index (Phi) is 3.06. The van der Waals surface area contributed by atoms with Crippen LogP contribution in [0.4, 0.5) is 5.69 Å². The molecule has 2 heterocycles. The molecule has 0 radical (unpaired) electrons. The van der Waals surface area contributed by atoms with Gasteiger partial charge in [-0.15, -0.1) is 0 Å². The number of aliphatic carboxylic acids is 1. The van der Waals surface area contributed by atoms with Gasteiger partial charge in [0, 0.05) is 17.6 Å². The highest BCUT2D eigenvalue weighted by Gasteiger charge is 2.50. The maximum Gasteiger partial charge on any atom is 0.231 e. The Morgan fingerprint density at radius 2 is 1.70 bits per heavy atom. The van der Waals surface area contributed by atoms with E-state index in [0.717, 1.165) is 5.56 Å². The lowest BCUT2D eigenvalue weighted by molar-refractivity contribution is -0.313. The van der Waals surface area contributed by atoms with Gasteiger partial charge in [-0.25, -0.2) is 0 Å². The van der Waals surface area contributed by atoms with E-state index in [1.54, 1.807) is 24.3 Å². The third-order valence-corrected chi connectivity index (χ3v) is 3.79. The quantitative estimate of drug-likeness (QED) is 0.800. The monoisotopic (exact) mass is 272 g/mol. The zero-order chi connectivity index (χ0) is 14.3. The van der Waals surface area contributed by atoms with E-state index in [1.165, 1.54) is 0 Å². The summed E-state index contributed by atoms with van der Waals surface area (Å²) in [6.45, 7) is 1.95. The molecule has 0 saturated carbocycles. The smallest absolute Gasteiger partial charge is 0.231 e. The topological polar surface area (TPSA) is 78.5 Å². The molecule has 5 nitrogen and oxygen atoms in total. The number of aryl methyl sites for hydroxylation is 1. The molecule has 0 unspecified atom stereocenters. The Morgan fingerprint density at radius 3 is 2.30 bits per heavy atom. The molecule has 104 valence electrons. The van der Waals surface area contributed by atoms with E-state index in [-0.39, 0.29) is 5.91 Å². The third-order valence-electron chi connectivity index (χ3n) is 3.79. The molecular weight excluding hydrogens is 258 g/mol. The Morgan fingerprint density at radius 1 is 1.10 bits per heavy atom. The molecule has 3 rings (SSSR count). The van der Waals surface area contributed by atoms with Gasteiger partial charge >= 0.3 is 0 Å². The van der Waals surface area contributed by atoms with Gasteiger partial charge in [0.05, 0.1) is 18.1 Å². The second kappa shape index (κ2) is 4.76. The minimum absolute atomic E-state index is 0.347. The van der Waals surface area contributed by atoms with E-state index >= 15 is 0 Å². The summed E-state index contributed by atoms with van der Waals surface area (Å²) in [5.74, 6) is -3.25. The van der Waals surface area contributed by atoms with Crippen molar-refractivity contribution in [3.63, 3.8) is 0 Å². The van der Waals surface area contributed by atoms with Crippen molar-refractivity contribution in [2.45, 2.75) is 19.1 Å². The molecule has 5 heteroatoms. The summed E-state index contributed by atoms with van der Waals surface area (Å²) in [6, 6.07) is 7.32. The first-order valence-electron chi connectivity index (χ1n) is 6.48. The molecule has 2 aliphatic heterocycles. The summed E-state index contributed by atoms with van der Waals surface area (Å²) < 4.78 is 5.44. The maximum absolute atomic E-state index is 12.3. The number of carbonyl (C=O) groups is 2. The first kappa shape index (κ1) is 12.9. The van der Waals surface area contributed by atoms with Gasteiger partial charge in [0.15, 0.2) is 0 Å². The molecule has 20 heavy (non-hydrogen) atoms. The van der Waals surface area contributed by atoms with Gasteiger partial charge in [-0.1, -0.05) is 29.8 Å². The molecule has 1 N–H and O–H groups in total. The minimum atomic E-state index is -1.24. The van der Waals surface area contributed by atoms with E-state index in [9.17, 15) is 14.7 Å². The number of nitrogens with one attached hydrogen (secondary N) is 1. The van der Waals surface area contributed by atoms with Gasteiger partial charge in [0.1, 0.15) is 0 Å². The maximum atomic E-state index is 12.3. The van der Waals surface area contributed by atoms with Crippen molar-refractivity contribution in [1.29, 1.82) is 0 Å². The number of carboxylic acids is 1. The highest BCUT2D eigenvalue weighted by atomic mass is 16.5. The number of carbonyl (C=O) groups excluding carboxylic acids is 2. The van der Waals surface area contributed by atoms with Crippen molar-refractivity contribution in [3.8, 4) is 0 Å². The molecule has 2 aliphatic rings. The molecule has 4 atom stereocenters. The van der Waals surface area contributed by atoms with Crippen LogP contribution in [0.5, 0.6) is 0 Å². The number of hydrogen-bond acceptors (Lipinski definition) is 4. The van der Waals surface area contributed by atoms with Gasteiger partial charge in [-0.2, -0.15) is 0 Å². The van der Waals surface area contributed by atoms with E-state index in [4.69, 9.17) is 4.74 Å². The largest absolute Gasteiger partial charge is 0.550 e. The summed E-state index contributed by atoms with van der Waals surface area (Å²) in [5, 5.41) is 13.9. The van der Waals surface area contributed by atoms with Crippen molar-refractivity contribution in [3.05, 3.63) is 42.0 Å². The van der Waals surface area contributed by atoms with E-state index < -0.39 is 30.0 Å². The Bertz CT molecular complexity index is 578. The Labute approximate surface area is 116 Å². The summed E-state index contributed by atoms with van der Waals surface area (Å²) >= 11 is 0. The van der Waals surface area contributed by atoms with Gasteiger partial charge in [0.2, 0.25) is 5.91 Å². The van der Waals surface area contributed by atoms with E-state index in [2.05, 4.69) is 5.32 Å². The molecule has 1 fully saturated rings. The SMILES string of the molecule is Cc1ccc(NC(=O)[C@H]2[C@@H](C(=O)[O-])[C@@H]3C=C[C@H]2O3)cc1. The zero-order valence-electron chi connectivity index (χ0n) is 10.9. The van der Waals surface area contributed by atoms with Crippen molar-refractivity contribution in [2.24, 2.45) is 11.8 Å². The lowest BCUT2D eigenvalue weighted by Gasteiger charge is -2.24. The molecule has 0 aromatic heterocycles. The molecular formula is C15H14NO4-. The van der Waals surface area contributed by atoms with Crippen LogP contribution >= 0.6 is 0 Å². The molecule has 1 amide bonds. The lowest BCUT2D eigenvalue weighted by atomic mass is 9.82. The minimum Gasteiger partial charge on any atom is -0.550 e.